The van der Waals surface area contributed by atoms with E-state index in [1.165, 1.54) is 10.6 Å². The number of aryl methyl sites for hydroxylation is 2. The van der Waals surface area contributed by atoms with E-state index >= 15 is 0 Å². The van der Waals surface area contributed by atoms with Crippen LogP contribution in [0.2, 0.25) is 0 Å². The van der Waals surface area contributed by atoms with Gasteiger partial charge in [-0.25, -0.2) is 12.7 Å². The lowest BCUT2D eigenvalue weighted by Gasteiger charge is -2.28. The molecule has 0 aliphatic carbocycles. The van der Waals surface area contributed by atoms with Gasteiger partial charge in [0.2, 0.25) is 15.9 Å². The Kier molecular flexibility index (Phi) is 5.85. The highest BCUT2D eigenvalue weighted by Crippen LogP contribution is 2.27. The first-order valence-corrected chi connectivity index (χ1v) is 11.1. The summed E-state index contributed by atoms with van der Waals surface area (Å²) >= 11 is 0. The van der Waals surface area contributed by atoms with Crippen molar-refractivity contribution in [2.75, 3.05) is 26.4 Å². The van der Waals surface area contributed by atoms with Gasteiger partial charge in [0, 0.05) is 31.6 Å². The van der Waals surface area contributed by atoms with Crippen LogP contribution in [0.3, 0.4) is 0 Å². The molecule has 1 aromatic carbocycles. The van der Waals surface area contributed by atoms with Crippen LogP contribution in [0.25, 0.3) is 0 Å². The molecule has 1 amide bonds. The third kappa shape index (κ3) is 4.77. The van der Waals surface area contributed by atoms with Crippen molar-refractivity contribution in [1.82, 2.24) is 19.3 Å². The van der Waals surface area contributed by atoms with Crippen LogP contribution < -0.4 is 0 Å². The summed E-state index contributed by atoms with van der Waals surface area (Å²) in [5.74, 6) is 0.917. The predicted octanol–water partition coefficient (Wildman–Crippen LogP) is 2.10. The van der Waals surface area contributed by atoms with Crippen LogP contribution in [-0.4, -0.2) is 60.1 Å². The average molecular weight is 407 g/mol. The fourth-order valence-electron chi connectivity index (χ4n) is 3.54. The van der Waals surface area contributed by atoms with Crippen molar-refractivity contribution in [3.8, 4) is 0 Å². The molecule has 8 nitrogen and oxygen atoms in total. The molecule has 0 N–H and O–H groups in total. The highest BCUT2D eigenvalue weighted by molar-refractivity contribution is 7.88. The molecule has 0 spiro atoms. The number of carbonyl (C=O) groups excluding carboxylic acids is 1. The third-order valence-corrected chi connectivity index (χ3v) is 6.26. The number of piperidine rings is 1. The normalized spacial score (nSPS) is 16.3. The molecular formula is C19H26N4O4S. The number of aromatic nitrogens is 2. The number of carbonyl (C=O) groups is 1. The van der Waals surface area contributed by atoms with Crippen LogP contribution in [0.1, 0.15) is 52.0 Å². The van der Waals surface area contributed by atoms with E-state index in [1.54, 1.807) is 11.9 Å². The Balaban J connectivity index is 1.62. The van der Waals surface area contributed by atoms with Crippen LogP contribution in [0.4, 0.5) is 0 Å². The van der Waals surface area contributed by atoms with Gasteiger partial charge in [-0.05, 0) is 38.8 Å². The Bertz CT molecular complexity index is 942. The number of hydrogen-bond acceptors (Lipinski definition) is 6. The Morgan fingerprint density at radius 3 is 2.39 bits per heavy atom. The number of rotatable bonds is 5. The molecule has 1 fully saturated rings. The molecule has 0 unspecified atom stereocenters. The van der Waals surface area contributed by atoms with E-state index in [9.17, 15) is 13.2 Å². The van der Waals surface area contributed by atoms with Gasteiger partial charge in [-0.3, -0.25) is 4.79 Å². The van der Waals surface area contributed by atoms with Crippen LogP contribution >= 0.6 is 0 Å². The zero-order valence-electron chi connectivity index (χ0n) is 16.7. The lowest BCUT2D eigenvalue weighted by atomic mass is 9.98. The van der Waals surface area contributed by atoms with E-state index in [4.69, 9.17) is 4.52 Å². The molecule has 2 aromatic rings. The maximum absolute atomic E-state index is 12.7. The molecule has 1 saturated heterocycles. The molecule has 28 heavy (non-hydrogen) atoms. The second kappa shape index (κ2) is 8.00. The summed E-state index contributed by atoms with van der Waals surface area (Å²) in [6.07, 6.45) is 2.54. The molecule has 1 aliphatic heterocycles. The maximum Gasteiger partial charge on any atom is 0.254 e. The van der Waals surface area contributed by atoms with Gasteiger partial charge in [0.1, 0.15) is 0 Å². The van der Waals surface area contributed by atoms with Crippen molar-refractivity contribution in [3.05, 3.63) is 46.6 Å². The topological polar surface area (TPSA) is 96.6 Å². The summed E-state index contributed by atoms with van der Waals surface area (Å²) in [7, 11) is -1.46. The number of amides is 1. The van der Waals surface area contributed by atoms with E-state index < -0.39 is 10.0 Å². The van der Waals surface area contributed by atoms with Crippen LogP contribution in [0.15, 0.2) is 22.7 Å². The fourth-order valence-corrected chi connectivity index (χ4v) is 4.41. The number of nitrogens with zero attached hydrogens (tertiary/aromatic N) is 4. The minimum atomic E-state index is -3.16. The first kappa shape index (κ1) is 20.5. The monoisotopic (exact) mass is 406 g/mol. The highest BCUT2D eigenvalue weighted by atomic mass is 32.2. The minimum absolute atomic E-state index is 0.0657. The van der Waals surface area contributed by atoms with E-state index in [-0.39, 0.29) is 18.4 Å². The van der Waals surface area contributed by atoms with Gasteiger partial charge in [0.05, 0.1) is 12.8 Å². The average Bonchev–Trinajstić information content (AvgIpc) is 3.08. The Morgan fingerprint density at radius 1 is 1.21 bits per heavy atom. The molecule has 152 valence electrons. The molecule has 9 heteroatoms. The van der Waals surface area contributed by atoms with Crippen molar-refractivity contribution in [1.29, 1.82) is 0 Å². The molecule has 0 radical (unpaired) electrons. The standard InChI is InChI=1S/C19H26N4O4S/c1-13-9-14(2)11-16(10-13)19(24)22(3)12-17-20-18(21-27-17)15-5-7-23(8-6-15)28(4,25)26/h9-11,15H,5-8,12H2,1-4H3. The van der Waals surface area contributed by atoms with Crippen molar-refractivity contribution in [3.63, 3.8) is 0 Å². The molecule has 0 saturated carbocycles. The molecule has 0 bridgehead atoms. The summed E-state index contributed by atoms with van der Waals surface area (Å²) in [6, 6.07) is 5.75. The lowest BCUT2D eigenvalue weighted by molar-refractivity contribution is 0.0769. The summed E-state index contributed by atoms with van der Waals surface area (Å²) in [5.41, 5.74) is 2.71. The number of benzene rings is 1. The highest BCUT2D eigenvalue weighted by Gasteiger charge is 2.28. The van der Waals surface area contributed by atoms with Gasteiger partial charge in [0.15, 0.2) is 5.82 Å². The predicted molar refractivity (Wildman–Crippen MR) is 104 cm³/mol. The Hall–Kier alpha value is -2.26. The quantitative estimate of drug-likeness (QED) is 0.754. The van der Waals surface area contributed by atoms with Crippen molar-refractivity contribution in [2.45, 2.75) is 39.2 Å². The van der Waals surface area contributed by atoms with Crippen molar-refractivity contribution >= 4 is 15.9 Å². The van der Waals surface area contributed by atoms with Crippen molar-refractivity contribution in [2.24, 2.45) is 0 Å². The fraction of sp³-hybridized carbons (Fsp3) is 0.526. The van der Waals surface area contributed by atoms with E-state index in [1.807, 2.05) is 32.0 Å². The Labute approximate surface area is 165 Å². The summed E-state index contributed by atoms with van der Waals surface area (Å²) in [4.78, 5) is 18.7. The maximum atomic E-state index is 12.7. The lowest BCUT2D eigenvalue weighted by Crippen LogP contribution is -2.37. The zero-order valence-corrected chi connectivity index (χ0v) is 17.5. The molecular weight excluding hydrogens is 380 g/mol. The van der Waals surface area contributed by atoms with E-state index in [0.29, 0.717) is 43.2 Å². The number of hydrogen-bond donors (Lipinski definition) is 0. The van der Waals surface area contributed by atoms with Crippen LogP contribution in [0, 0.1) is 13.8 Å². The van der Waals surface area contributed by atoms with Crippen LogP contribution in [0.5, 0.6) is 0 Å². The second-order valence-corrected chi connectivity index (χ2v) is 9.50. The van der Waals surface area contributed by atoms with Gasteiger partial charge in [-0.1, -0.05) is 22.3 Å². The Morgan fingerprint density at radius 2 is 1.82 bits per heavy atom. The minimum Gasteiger partial charge on any atom is -0.337 e. The second-order valence-electron chi connectivity index (χ2n) is 7.52. The third-order valence-electron chi connectivity index (χ3n) is 4.96. The van der Waals surface area contributed by atoms with Crippen molar-refractivity contribution < 1.29 is 17.7 Å². The van der Waals surface area contributed by atoms with Gasteiger partial charge < -0.3 is 9.42 Å². The first-order valence-electron chi connectivity index (χ1n) is 9.25. The van der Waals surface area contributed by atoms with Gasteiger partial charge >= 0.3 is 0 Å². The van der Waals surface area contributed by atoms with Gasteiger partial charge in [-0.15, -0.1) is 0 Å². The molecule has 1 aromatic heterocycles. The van der Waals surface area contributed by atoms with E-state index in [0.717, 1.165) is 11.1 Å². The summed E-state index contributed by atoms with van der Waals surface area (Å²) in [6.45, 7) is 5.06. The first-order chi connectivity index (χ1) is 13.1. The van der Waals surface area contributed by atoms with Gasteiger partial charge in [0.25, 0.3) is 5.91 Å². The smallest absolute Gasteiger partial charge is 0.254 e. The SMILES string of the molecule is Cc1cc(C)cc(C(=O)N(C)Cc2nc(C3CCN(S(C)(=O)=O)CC3)no2)c1. The molecule has 0 atom stereocenters. The van der Waals surface area contributed by atoms with Gasteiger partial charge in [-0.2, -0.15) is 4.98 Å². The largest absolute Gasteiger partial charge is 0.337 e. The molecule has 1 aliphatic rings. The zero-order chi connectivity index (χ0) is 20.5. The molecule has 2 heterocycles. The molecule has 3 rings (SSSR count). The van der Waals surface area contributed by atoms with E-state index in [2.05, 4.69) is 10.1 Å². The van der Waals surface area contributed by atoms with Crippen LogP contribution in [-0.2, 0) is 16.6 Å². The summed E-state index contributed by atoms with van der Waals surface area (Å²) in [5, 5.41) is 4.05. The number of sulfonamides is 1. The summed E-state index contributed by atoms with van der Waals surface area (Å²) < 4.78 is 30.0.